The van der Waals surface area contributed by atoms with Gasteiger partial charge in [0.2, 0.25) is 0 Å². The van der Waals surface area contributed by atoms with Crippen molar-refractivity contribution in [1.82, 2.24) is 20.1 Å². The van der Waals surface area contributed by atoms with Gasteiger partial charge in [-0.2, -0.15) is 0 Å². The highest BCUT2D eigenvalue weighted by Crippen LogP contribution is 2.26. The molecule has 1 N–H and O–H groups in total. The van der Waals surface area contributed by atoms with E-state index >= 15 is 0 Å². The fourth-order valence-electron chi connectivity index (χ4n) is 2.74. The monoisotopic (exact) mass is 392 g/mol. The summed E-state index contributed by atoms with van der Waals surface area (Å²) in [6.07, 6.45) is 0. The van der Waals surface area contributed by atoms with Gasteiger partial charge in [-0.05, 0) is 30.3 Å². The van der Waals surface area contributed by atoms with Gasteiger partial charge in [0.05, 0.1) is 10.2 Å². The largest absolute Gasteiger partial charge is 0.352 e. The molecule has 4 rings (SSSR count). The van der Waals surface area contributed by atoms with Crippen LogP contribution in [-0.2, 0) is 0 Å². The topological polar surface area (TPSA) is 74.2 Å². The van der Waals surface area contributed by atoms with E-state index in [9.17, 15) is 9.18 Å². The van der Waals surface area contributed by atoms with Crippen molar-refractivity contribution in [2.24, 2.45) is 0 Å². The number of nitrogens with one attached hydrogen (secondary N) is 1. The second kappa shape index (κ2) is 7.00. The molecule has 1 saturated heterocycles. The van der Waals surface area contributed by atoms with Crippen LogP contribution in [-0.4, -0.2) is 52.3 Å². The Kier molecular flexibility index (Phi) is 4.56. The molecule has 7 nitrogen and oxygen atoms in total. The Morgan fingerprint density at radius 3 is 2.69 bits per heavy atom. The van der Waals surface area contributed by atoms with Crippen molar-refractivity contribution in [2.75, 3.05) is 36.4 Å². The van der Waals surface area contributed by atoms with Crippen LogP contribution in [0.1, 0.15) is 0 Å². The molecule has 10 heteroatoms. The molecule has 2 amide bonds. The highest BCUT2D eigenvalue weighted by molar-refractivity contribution is 7.22. The molecule has 0 bridgehead atoms. The van der Waals surface area contributed by atoms with Crippen LogP contribution in [0, 0.1) is 5.82 Å². The van der Waals surface area contributed by atoms with Crippen LogP contribution in [0.4, 0.5) is 20.1 Å². The Morgan fingerprint density at radius 1 is 1.15 bits per heavy atom. The third-order valence-corrected chi connectivity index (χ3v) is 5.21. The fourth-order valence-corrected chi connectivity index (χ4v) is 3.72. The molecule has 134 valence electrons. The summed E-state index contributed by atoms with van der Waals surface area (Å²) in [5, 5.41) is 11.5. The van der Waals surface area contributed by atoms with E-state index in [0.717, 1.165) is 5.82 Å². The molecule has 1 aliphatic rings. The number of rotatable bonds is 2. The smallest absolute Gasteiger partial charge is 0.323 e. The molecule has 26 heavy (non-hydrogen) atoms. The quantitative estimate of drug-likeness (QED) is 0.724. The van der Waals surface area contributed by atoms with E-state index < -0.39 is 0 Å². The maximum atomic E-state index is 13.3. The van der Waals surface area contributed by atoms with Crippen molar-refractivity contribution in [2.45, 2.75) is 0 Å². The molecule has 0 spiro atoms. The highest BCUT2D eigenvalue weighted by atomic mass is 35.5. The maximum Gasteiger partial charge on any atom is 0.323 e. The molecule has 0 saturated carbocycles. The third kappa shape index (κ3) is 3.54. The summed E-state index contributed by atoms with van der Waals surface area (Å²) in [4.78, 5) is 20.5. The number of carbonyl (C=O) groups is 1. The first-order valence-electron chi connectivity index (χ1n) is 7.95. The molecular weight excluding hydrogens is 379 g/mol. The fraction of sp³-hybridized carbons (Fsp3) is 0.250. The number of urea groups is 1. The number of nitrogens with zero attached hydrogens (tertiary/aromatic N) is 5. The van der Waals surface area contributed by atoms with Gasteiger partial charge < -0.3 is 9.80 Å². The zero-order valence-electron chi connectivity index (χ0n) is 13.5. The van der Waals surface area contributed by atoms with E-state index in [-0.39, 0.29) is 11.8 Å². The standard InChI is InChI=1S/C16H14ClFN6OS/c17-13-3-4-14(22-21-13)23-5-7-24(8-6-23)16(25)20-15-19-11-2-1-10(18)9-12(11)26-15/h1-4,9H,5-8H2,(H,19,20,25). The summed E-state index contributed by atoms with van der Waals surface area (Å²) in [5.74, 6) is 0.420. The molecule has 0 radical (unpaired) electrons. The van der Waals surface area contributed by atoms with Crippen LogP contribution in [0.2, 0.25) is 5.15 Å². The zero-order valence-corrected chi connectivity index (χ0v) is 15.1. The average molecular weight is 393 g/mol. The van der Waals surface area contributed by atoms with E-state index in [2.05, 4.69) is 20.5 Å². The van der Waals surface area contributed by atoms with Gasteiger partial charge >= 0.3 is 6.03 Å². The van der Waals surface area contributed by atoms with Crippen molar-refractivity contribution < 1.29 is 9.18 Å². The van der Waals surface area contributed by atoms with Crippen molar-refractivity contribution in [3.63, 3.8) is 0 Å². The molecular formula is C16H14ClFN6OS. The number of anilines is 2. The molecule has 0 unspecified atom stereocenters. The number of thiazole rings is 1. The van der Waals surface area contributed by atoms with Crippen LogP contribution in [0.25, 0.3) is 10.2 Å². The Labute approximate surface area is 157 Å². The third-order valence-electron chi connectivity index (χ3n) is 4.07. The summed E-state index contributed by atoms with van der Waals surface area (Å²) < 4.78 is 14.0. The molecule has 2 aromatic heterocycles. The van der Waals surface area contributed by atoms with Crippen LogP contribution in [0.5, 0.6) is 0 Å². The Morgan fingerprint density at radius 2 is 1.96 bits per heavy atom. The molecule has 0 aliphatic carbocycles. The summed E-state index contributed by atoms with van der Waals surface area (Å²) in [6.45, 7) is 2.40. The first kappa shape index (κ1) is 16.9. The number of fused-ring (bicyclic) bond motifs is 1. The van der Waals surface area contributed by atoms with E-state index in [1.54, 1.807) is 17.0 Å². The Bertz CT molecular complexity index is 942. The highest BCUT2D eigenvalue weighted by Gasteiger charge is 2.23. The van der Waals surface area contributed by atoms with Crippen molar-refractivity contribution in [3.8, 4) is 0 Å². The van der Waals surface area contributed by atoms with Crippen molar-refractivity contribution >= 4 is 50.1 Å². The summed E-state index contributed by atoms with van der Waals surface area (Å²) in [6, 6.07) is 7.65. The lowest BCUT2D eigenvalue weighted by Crippen LogP contribution is -2.50. The molecule has 1 fully saturated rings. The number of aromatic nitrogens is 3. The Hall–Kier alpha value is -2.52. The van der Waals surface area contributed by atoms with Gasteiger partial charge in [0.1, 0.15) is 5.82 Å². The van der Waals surface area contributed by atoms with Crippen LogP contribution >= 0.6 is 22.9 Å². The number of piperazine rings is 1. The normalized spacial score (nSPS) is 14.7. The first-order valence-corrected chi connectivity index (χ1v) is 9.14. The van der Waals surface area contributed by atoms with E-state index in [1.807, 2.05) is 11.0 Å². The lowest BCUT2D eigenvalue weighted by molar-refractivity contribution is 0.208. The molecule has 1 aromatic carbocycles. The van der Waals surface area contributed by atoms with Gasteiger partial charge in [0, 0.05) is 26.2 Å². The second-order valence-electron chi connectivity index (χ2n) is 5.75. The summed E-state index contributed by atoms with van der Waals surface area (Å²) in [5.41, 5.74) is 0.665. The van der Waals surface area contributed by atoms with E-state index in [0.29, 0.717) is 46.7 Å². The number of benzene rings is 1. The number of hydrogen-bond acceptors (Lipinski definition) is 6. The number of carbonyl (C=O) groups excluding carboxylic acids is 1. The van der Waals surface area contributed by atoms with Gasteiger partial charge in [0.25, 0.3) is 0 Å². The lowest BCUT2D eigenvalue weighted by atomic mass is 10.3. The predicted octanol–water partition coefficient (Wildman–Crippen LogP) is 3.23. The molecule has 3 heterocycles. The van der Waals surface area contributed by atoms with Gasteiger partial charge in [-0.25, -0.2) is 14.2 Å². The maximum absolute atomic E-state index is 13.3. The van der Waals surface area contributed by atoms with Crippen LogP contribution < -0.4 is 10.2 Å². The first-order chi connectivity index (χ1) is 12.6. The van der Waals surface area contributed by atoms with Crippen molar-refractivity contribution in [1.29, 1.82) is 0 Å². The van der Waals surface area contributed by atoms with E-state index in [4.69, 9.17) is 11.6 Å². The van der Waals surface area contributed by atoms with Crippen LogP contribution in [0.3, 0.4) is 0 Å². The number of halogens is 2. The molecule has 0 atom stereocenters. The molecule has 1 aliphatic heterocycles. The minimum Gasteiger partial charge on any atom is -0.352 e. The van der Waals surface area contributed by atoms with E-state index in [1.165, 1.54) is 23.5 Å². The summed E-state index contributed by atoms with van der Waals surface area (Å²) >= 11 is 7.00. The minimum absolute atomic E-state index is 0.216. The Balaban J connectivity index is 1.37. The van der Waals surface area contributed by atoms with Gasteiger partial charge in [-0.1, -0.05) is 22.9 Å². The SMILES string of the molecule is O=C(Nc1nc2ccc(F)cc2s1)N1CCN(c2ccc(Cl)nn2)CC1. The average Bonchev–Trinajstić information content (AvgIpc) is 3.03. The van der Waals surface area contributed by atoms with Gasteiger partial charge in [-0.3, -0.25) is 5.32 Å². The summed E-state index contributed by atoms with van der Waals surface area (Å²) in [7, 11) is 0. The van der Waals surface area contributed by atoms with Gasteiger partial charge in [-0.15, -0.1) is 10.2 Å². The zero-order chi connectivity index (χ0) is 18.1. The van der Waals surface area contributed by atoms with Crippen LogP contribution in [0.15, 0.2) is 30.3 Å². The number of amides is 2. The lowest BCUT2D eigenvalue weighted by Gasteiger charge is -2.34. The molecule has 3 aromatic rings. The minimum atomic E-state index is -0.319. The van der Waals surface area contributed by atoms with Crippen molar-refractivity contribution in [3.05, 3.63) is 41.3 Å². The number of hydrogen-bond donors (Lipinski definition) is 1. The van der Waals surface area contributed by atoms with Gasteiger partial charge in [0.15, 0.2) is 16.1 Å². The second-order valence-corrected chi connectivity index (χ2v) is 7.17. The predicted molar refractivity (Wildman–Crippen MR) is 99.4 cm³/mol.